The van der Waals surface area contributed by atoms with Crippen LogP contribution in [-0.4, -0.2) is 44.5 Å². The second kappa shape index (κ2) is 16.2. The predicted molar refractivity (Wildman–Crippen MR) is 164 cm³/mol. The van der Waals surface area contributed by atoms with E-state index in [-0.39, 0.29) is 11.9 Å². The van der Waals surface area contributed by atoms with Gasteiger partial charge in [0.2, 0.25) is 0 Å². The topological polar surface area (TPSA) is 71.1 Å². The predicted octanol–water partition coefficient (Wildman–Crippen LogP) is 7.31. The van der Waals surface area contributed by atoms with Crippen LogP contribution >= 0.6 is 0 Å². The largest absolute Gasteiger partial charge is 0.490 e. The third-order valence-electron chi connectivity index (χ3n) is 6.51. The molecule has 0 aliphatic heterocycles. The third kappa shape index (κ3) is 9.76. The molecule has 6 heteroatoms. The van der Waals surface area contributed by atoms with E-state index in [9.17, 15) is 9.59 Å². The van der Waals surface area contributed by atoms with Gasteiger partial charge in [-0.2, -0.15) is 0 Å². The Bertz CT molecular complexity index is 1340. The zero-order chi connectivity index (χ0) is 29.6. The molecule has 0 aromatic heterocycles. The number of hydrogen-bond donors (Lipinski definition) is 0. The molecule has 1 atom stereocenters. The second-order valence-corrected chi connectivity index (χ2v) is 9.48. The van der Waals surface area contributed by atoms with Crippen LogP contribution in [0.15, 0.2) is 84.9 Å². The van der Waals surface area contributed by atoms with E-state index >= 15 is 0 Å². The Labute approximate surface area is 243 Å². The Morgan fingerprint density at radius 1 is 0.756 bits per heavy atom. The number of esters is 2. The summed E-state index contributed by atoms with van der Waals surface area (Å²) in [6.07, 6.45) is 3.43. The summed E-state index contributed by atoms with van der Waals surface area (Å²) in [5.74, 6) is 0.0873. The lowest BCUT2D eigenvalue weighted by Gasteiger charge is -2.15. The zero-order valence-corrected chi connectivity index (χ0v) is 24.6. The van der Waals surface area contributed by atoms with Crippen molar-refractivity contribution in [1.82, 2.24) is 0 Å². The molecule has 0 radical (unpaired) electrons. The van der Waals surface area contributed by atoms with Crippen LogP contribution in [0.1, 0.15) is 51.3 Å². The first-order valence-electron chi connectivity index (χ1n) is 14.1. The fraction of sp³-hybridized carbons (Fsp3) is 0.314. The van der Waals surface area contributed by atoms with Crippen molar-refractivity contribution >= 4 is 23.1 Å². The Kier molecular flexibility index (Phi) is 12.4. The second-order valence-electron chi connectivity index (χ2n) is 9.48. The minimum atomic E-state index is -0.607. The molecule has 0 spiro atoms. The number of carbonyl (C=O) groups excluding carboxylic acids is 2. The quantitative estimate of drug-likeness (QED) is 0.153. The van der Waals surface area contributed by atoms with Crippen molar-refractivity contribution in [3.8, 4) is 16.9 Å². The number of hydrogen-bond acceptors (Lipinski definition) is 6. The first-order valence-corrected chi connectivity index (χ1v) is 14.1. The molecule has 0 bridgehead atoms. The van der Waals surface area contributed by atoms with Crippen molar-refractivity contribution in [2.45, 2.75) is 47.1 Å². The van der Waals surface area contributed by atoms with Crippen LogP contribution in [0.5, 0.6) is 5.75 Å². The molecule has 41 heavy (non-hydrogen) atoms. The van der Waals surface area contributed by atoms with Gasteiger partial charge in [-0.25, -0.2) is 9.59 Å². The molecule has 3 rings (SSSR count). The fourth-order valence-electron chi connectivity index (χ4n) is 4.28. The zero-order valence-electron chi connectivity index (χ0n) is 24.6. The lowest BCUT2D eigenvalue weighted by Crippen LogP contribution is -2.28. The van der Waals surface area contributed by atoms with Crippen molar-refractivity contribution in [3.05, 3.63) is 102 Å². The summed E-state index contributed by atoms with van der Waals surface area (Å²) in [5.41, 5.74) is 7.22. The standard InChI is InChI=1S/C35H40O6/c1-6-38-33(35(37)40-8-3)23-27-12-18-32(19-13-27)41-21-20-25(4)28-14-16-29(17-15-28)31-11-9-10-30(24-31)26(5)22-34(36)39-7-2/h9-20,22,24,33H,6-8,21,23H2,1-5H3/t33-/m0/s1. The molecule has 0 unspecified atom stereocenters. The molecule has 0 amide bonds. The lowest BCUT2D eigenvalue weighted by molar-refractivity contribution is -0.156. The van der Waals surface area contributed by atoms with E-state index in [4.69, 9.17) is 18.9 Å². The highest BCUT2D eigenvalue weighted by Crippen LogP contribution is 2.26. The smallest absolute Gasteiger partial charge is 0.335 e. The van der Waals surface area contributed by atoms with E-state index in [1.54, 1.807) is 13.8 Å². The highest BCUT2D eigenvalue weighted by molar-refractivity contribution is 5.91. The van der Waals surface area contributed by atoms with E-state index in [2.05, 4.69) is 49.4 Å². The van der Waals surface area contributed by atoms with Gasteiger partial charge in [-0.1, -0.05) is 54.6 Å². The van der Waals surface area contributed by atoms with Crippen LogP contribution in [0.4, 0.5) is 0 Å². The number of ether oxygens (including phenoxy) is 4. The van der Waals surface area contributed by atoms with E-state index in [0.717, 1.165) is 44.7 Å². The van der Waals surface area contributed by atoms with Crippen molar-refractivity contribution in [2.24, 2.45) is 0 Å². The number of rotatable bonds is 14. The van der Waals surface area contributed by atoms with Gasteiger partial charge in [0.05, 0.1) is 13.2 Å². The molecule has 0 saturated heterocycles. The first-order chi connectivity index (χ1) is 19.8. The van der Waals surface area contributed by atoms with Crippen molar-refractivity contribution in [1.29, 1.82) is 0 Å². The van der Waals surface area contributed by atoms with Crippen molar-refractivity contribution in [3.63, 3.8) is 0 Å². The highest BCUT2D eigenvalue weighted by atomic mass is 16.6. The third-order valence-corrected chi connectivity index (χ3v) is 6.51. The van der Waals surface area contributed by atoms with Crippen LogP contribution < -0.4 is 4.74 Å². The number of benzene rings is 3. The van der Waals surface area contributed by atoms with Gasteiger partial charge in [0, 0.05) is 19.1 Å². The summed E-state index contributed by atoms with van der Waals surface area (Å²) in [6, 6.07) is 24.2. The number of allylic oxidation sites excluding steroid dienone is 2. The average Bonchev–Trinajstić information content (AvgIpc) is 2.98. The minimum Gasteiger partial charge on any atom is -0.490 e. The molecule has 0 fully saturated rings. The SMILES string of the molecule is CCOC(=O)C=C(C)c1cccc(-c2ccc(C(C)=CCOc3ccc(C[C@H](OCC)C(=O)OCC)cc3)cc2)c1. The van der Waals surface area contributed by atoms with Gasteiger partial charge >= 0.3 is 11.9 Å². The van der Waals surface area contributed by atoms with Gasteiger partial charge in [-0.15, -0.1) is 0 Å². The van der Waals surface area contributed by atoms with Crippen LogP contribution in [0, 0.1) is 0 Å². The van der Waals surface area contributed by atoms with Gasteiger partial charge in [-0.05, 0) is 97.9 Å². The molecule has 0 aliphatic carbocycles. The van der Waals surface area contributed by atoms with Gasteiger partial charge in [0.1, 0.15) is 12.4 Å². The number of carbonyl (C=O) groups is 2. The van der Waals surface area contributed by atoms with Crippen molar-refractivity contribution in [2.75, 3.05) is 26.4 Å². The molecule has 0 aliphatic rings. The Morgan fingerprint density at radius 3 is 2.12 bits per heavy atom. The molecule has 3 aromatic carbocycles. The molecule has 0 N–H and O–H groups in total. The van der Waals surface area contributed by atoms with E-state index < -0.39 is 6.10 Å². The van der Waals surface area contributed by atoms with E-state index in [1.807, 2.05) is 50.2 Å². The molecule has 216 valence electrons. The maximum atomic E-state index is 12.1. The van der Waals surface area contributed by atoms with Gasteiger partial charge in [0.25, 0.3) is 0 Å². The van der Waals surface area contributed by atoms with Crippen LogP contribution in [0.25, 0.3) is 22.3 Å². The van der Waals surface area contributed by atoms with Crippen molar-refractivity contribution < 1.29 is 28.5 Å². The van der Waals surface area contributed by atoms with Gasteiger partial charge in [0.15, 0.2) is 6.10 Å². The highest BCUT2D eigenvalue weighted by Gasteiger charge is 2.20. The molecule has 0 saturated carbocycles. The minimum absolute atomic E-state index is 0.329. The summed E-state index contributed by atoms with van der Waals surface area (Å²) in [7, 11) is 0. The summed E-state index contributed by atoms with van der Waals surface area (Å²) in [5, 5.41) is 0. The van der Waals surface area contributed by atoms with Crippen LogP contribution in [0.2, 0.25) is 0 Å². The summed E-state index contributed by atoms with van der Waals surface area (Å²) < 4.78 is 21.6. The lowest BCUT2D eigenvalue weighted by atomic mass is 9.97. The van der Waals surface area contributed by atoms with E-state index in [0.29, 0.717) is 32.8 Å². The molecule has 3 aromatic rings. The molecule has 6 nitrogen and oxygen atoms in total. The van der Waals surface area contributed by atoms with E-state index in [1.165, 1.54) is 6.08 Å². The summed E-state index contributed by atoms with van der Waals surface area (Å²) in [6.45, 7) is 11.0. The summed E-state index contributed by atoms with van der Waals surface area (Å²) in [4.78, 5) is 23.9. The fourth-order valence-corrected chi connectivity index (χ4v) is 4.28. The van der Waals surface area contributed by atoms with Gasteiger partial charge < -0.3 is 18.9 Å². The van der Waals surface area contributed by atoms with Crippen LogP contribution in [-0.2, 0) is 30.2 Å². The normalized spacial score (nSPS) is 12.5. The molecule has 0 heterocycles. The first kappa shape index (κ1) is 31.4. The summed E-state index contributed by atoms with van der Waals surface area (Å²) >= 11 is 0. The maximum absolute atomic E-state index is 12.1. The Morgan fingerprint density at radius 2 is 1.46 bits per heavy atom. The molecular formula is C35H40O6. The van der Waals surface area contributed by atoms with Crippen LogP contribution in [0.3, 0.4) is 0 Å². The monoisotopic (exact) mass is 556 g/mol. The Balaban J connectivity index is 1.58. The van der Waals surface area contributed by atoms with Gasteiger partial charge in [-0.3, -0.25) is 0 Å². The molecular weight excluding hydrogens is 516 g/mol. The average molecular weight is 557 g/mol. The Hall–Kier alpha value is -4.16. The maximum Gasteiger partial charge on any atom is 0.335 e.